The molecular formula is C20H21FN4O3. The highest BCUT2D eigenvalue weighted by atomic mass is 19.1. The van der Waals surface area contributed by atoms with E-state index in [0.717, 1.165) is 5.56 Å². The van der Waals surface area contributed by atoms with Crippen LogP contribution in [0.3, 0.4) is 0 Å². The molecule has 4 rings (SSSR count). The number of nitrogens with zero attached hydrogens (tertiary/aromatic N) is 4. The molecule has 8 heteroatoms. The van der Waals surface area contributed by atoms with Crippen LogP contribution in [0.15, 0.2) is 47.0 Å². The lowest BCUT2D eigenvalue weighted by Crippen LogP contribution is -2.47. The zero-order chi connectivity index (χ0) is 19.5. The van der Waals surface area contributed by atoms with E-state index in [4.69, 9.17) is 14.0 Å². The fraction of sp³-hybridized carbons (Fsp3) is 0.300. The van der Waals surface area contributed by atoms with Gasteiger partial charge >= 0.3 is 6.01 Å². The molecule has 0 N–H and O–H groups in total. The summed E-state index contributed by atoms with van der Waals surface area (Å²) >= 11 is 0. The van der Waals surface area contributed by atoms with Gasteiger partial charge in [0.25, 0.3) is 0 Å². The van der Waals surface area contributed by atoms with Crippen LogP contribution in [0.25, 0.3) is 11.4 Å². The van der Waals surface area contributed by atoms with Gasteiger partial charge in [0.05, 0.1) is 19.9 Å². The predicted octanol–water partition coefficient (Wildman–Crippen LogP) is 3.22. The first-order valence-electron chi connectivity index (χ1n) is 9.00. The van der Waals surface area contributed by atoms with Crippen LogP contribution < -0.4 is 19.3 Å². The normalized spacial score (nSPS) is 14.2. The molecule has 0 saturated carbocycles. The molecule has 1 aromatic heterocycles. The molecule has 0 amide bonds. The van der Waals surface area contributed by atoms with E-state index in [2.05, 4.69) is 10.1 Å². The number of methoxy groups -OCH3 is 2. The van der Waals surface area contributed by atoms with Gasteiger partial charge in [-0.3, -0.25) is 0 Å². The van der Waals surface area contributed by atoms with Gasteiger partial charge in [-0.2, -0.15) is 4.98 Å². The summed E-state index contributed by atoms with van der Waals surface area (Å²) in [6.07, 6.45) is 0. The van der Waals surface area contributed by atoms with Crippen molar-refractivity contribution in [1.29, 1.82) is 0 Å². The van der Waals surface area contributed by atoms with E-state index in [0.29, 0.717) is 55.2 Å². The smallest absolute Gasteiger partial charge is 0.324 e. The maximum absolute atomic E-state index is 14.0. The van der Waals surface area contributed by atoms with Crippen LogP contribution in [0, 0.1) is 5.82 Å². The number of halogens is 1. The summed E-state index contributed by atoms with van der Waals surface area (Å²) in [7, 11) is 3.17. The molecule has 28 heavy (non-hydrogen) atoms. The molecule has 7 nitrogen and oxygen atoms in total. The minimum Gasteiger partial charge on any atom is -0.493 e. The van der Waals surface area contributed by atoms with Gasteiger partial charge < -0.3 is 23.8 Å². The minimum absolute atomic E-state index is 0.204. The second kappa shape index (κ2) is 7.75. The summed E-state index contributed by atoms with van der Waals surface area (Å²) in [6.45, 7) is 2.69. The van der Waals surface area contributed by atoms with Crippen LogP contribution >= 0.6 is 0 Å². The largest absolute Gasteiger partial charge is 0.493 e. The topological polar surface area (TPSA) is 63.9 Å². The average Bonchev–Trinajstić information content (AvgIpc) is 3.24. The number of aromatic nitrogens is 2. The third-order valence-corrected chi connectivity index (χ3v) is 4.80. The Morgan fingerprint density at radius 3 is 2.36 bits per heavy atom. The van der Waals surface area contributed by atoms with Gasteiger partial charge in [-0.15, -0.1) is 0 Å². The van der Waals surface area contributed by atoms with Gasteiger partial charge in [0.2, 0.25) is 5.82 Å². The van der Waals surface area contributed by atoms with Crippen molar-refractivity contribution in [3.05, 3.63) is 48.3 Å². The molecule has 3 aromatic rings. The van der Waals surface area contributed by atoms with Gasteiger partial charge in [0, 0.05) is 31.7 Å². The van der Waals surface area contributed by atoms with Crippen molar-refractivity contribution < 1.29 is 18.4 Å². The molecule has 0 atom stereocenters. The molecule has 2 aromatic carbocycles. The molecule has 0 bridgehead atoms. The molecular weight excluding hydrogens is 363 g/mol. The molecule has 1 aliphatic rings. The van der Waals surface area contributed by atoms with Gasteiger partial charge in [0.15, 0.2) is 11.5 Å². The summed E-state index contributed by atoms with van der Waals surface area (Å²) in [5.74, 6) is 1.51. The third-order valence-electron chi connectivity index (χ3n) is 4.80. The number of benzene rings is 2. The van der Waals surface area contributed by atoms with Crippen LogP contribution in [0.2, 0.25) is 0 Å². The summed E-state index contributed by atoms with van der Waals surface area (Å²) in [6, 6.07) is 12.7. The summed E-state index contributed by atoms with van der Waals surface area (Å²) in [5.41, 5.74) is 1.40. The number of piperazine rings is 1. The first kappa shape index (κ1) is 18.1. The Kier molecular flexibility index (Phi) is 5.01. The first-order valence-corrected chi connectivity index (χ1v) is 9.00. The molecule has 1 saturated heterocycles. The number of anilines is 2. The van der Waals surface area contributed by atoms with Crippen molar-refractivity contribution in [3.63, 3.8) is 0 Å². The zero-order valence-electron chi connectivity index (χ0n) is 15.8. The molecule has 0 spiro atoms. The number of para-hydroxylation sites is 1. The van der Waals surface area contributed by atoms with Gasteiger partial charge in [-0.25, -0.2) is 4.39 Å². The van der Waals surface area contributed by atoms with Crippen LogP contribution in [0.4, 0.5) is 16.1 Å². The van der Waals surface area contributed by atoms with E-state index in [1.807, 2.05) is 28.0 Å². The Balaban J connectivity index is 1.46. The fourth-order valence-corrected chi connectivity index (χ4v) is 3.28. The SMILES string of the molecule is COc1ccc(-c2noc(N3CCN(c4ccccc4F)CC3)n2)cc1OC. The number of rotatable bonds is 5. The standard InChI is InChI=1S/C20H21FN4O3/c1-26-17-8-7-14(13-18(17)27-2)19-22-20(28-23-19)25-11-9-24(10-12-25)16-6-4-3-5-15(16)21/h3-8,13H,9-12H2,1-2H3. The number of hydrogen-bond donors (Lipinski definition) is 0. The zero-order valence-corrected chi connectivity index (χ0v) is 15.8. The average molecular weight is 384 g/mol. The predicted molar refractivity (Wildman–Crippen MR) is 104 cm³/mol. The molecule has 0 unspecified atom stereocenters. The van der Waals surface area contributed by atoms with Gasteiger partial charge in [-0.05, 0) is 30.3 Å². The highest BCUT2D eigenvalue weighted by Gasteiger charge is 2.23. The highest BCUT2D eigenvalue weighted by Crippen LogP contribution is 2.32. The molecule has 1 aliphatic heterocycles. The van der Waals surface area contributed by atoms with E-state index in [1.54, 1.807) is 32.4 Å². The lowest BCUT2D eigenvalue weighted by molar-refractivity contribution is 0.355. The Hall–Kier alpha value is -3.29. The van der Waals surface area contributed by atoms with Crippen molar-refractivity contribution in [2.45, 2.75) is 0 Å². The van der Waals surface area contributed by atoms with Crippen molar-refractivity contribution in [2.24, 2.45) is 0 Å². The minimum atomic E-state index is -0.204. The maximum atomic E-state index is 14.0. The molecule has 1 fully saturated rings. The van der Waals surface area contributed by atoms with Crippen molar-refractivity contribution in [3.8, 4) is 22.9 Å². The first-order chi connectivity index (χ1) is 13.7. The van der Waals surface area contributed by atoms with Gasteiger partial charge in [0.1, 0.15) is 5.82 Å². The lowest BCUT2D eigenvalue weighted by Gasteiger charge is -2.35. The van der Waals surface area contributed by atoms with Crippen LogP contribution in [-0.4, -0.2) is 50.5 Å². The summed E-state index contributed by atoms with van der Waals surface area (Å²) < 4.78 is 30.0. The van der Waals surface area contributed by atoms with Gasteiger partial charge in [-0.1, -0.05) is 17.3 Å². The number of ether oxygens (including phenoxy) is 2. The van der Waals surface area contributed by atoms with Crippen molar-refractivity contribution in [1.82, 2.24) is 10.1 Å². The second-order valence-electron chi connectivity index (χ2n) is 6.40. The Bertz CT molecular complexity index is 954. The number of hydrogen-bond acceptors (Lipinski definition) is 7. The molecule has 2 heterocycles. The van der Waals surface area contributed by atoms with Crippen molar-refractivity contribution >= 4 is 11.7 Å². The second-order valence-corrected chi connectivity index (χ2v) is 6.40. The summed E-state index contributed by atoms with van der Waals surface area (Å²) in [5, 5.41) is 4.09. The van der Waals surface area contributed by atoms with Crippen LogP contribution in [0.5, 0.6) is 11.5 Å². The highest BCUT2D eigenvalue weighted by molar-refractivity contribution is 5.61. The Labute approximate surface area is 162 Å². The van der Waals surface area contributed by atoms with E-state index in [-0.39, 0.29) is 5.82 Å². The Morgan fingerprint density at radius 2 is 1.64 bits per heavy atom. The maximum Gasteiger partial charge on any atom is 0.324 e. The monoisotopic (exact) mass is 384 g/mol. The van der Waals surface area contributed by atoms with Crippen LogP contribution in [0.1, 0.15) is 0 Å². The van der Waals surface area contributed by atoms with E-state index < -0.39 is 0 Å². The Morgan fingerprint density at radius 1 is 0.929 bits per heavy atom. The quantitative estimate of drug-likeness (QED) is 0.669. The van der Waals surface area contributed by atoms with Crippen LogP contribution in [-0.2, 0) is 0 Å². The summed E-state index contributed by atoms with van der Waals surface area (Å²) in [4.78, 5) is 8.54. The van der Waals surface area contributed by atoms with Crippen molar-refractivity contribution in [2.75, 3.05) is 50.2 Å². The molecule has 146 valence electrons. The third kappa shape index (κ3) is 3.45. The van der Waals surface area contributed by atoms with E-state index in [1.165, 1.54) is 6.07 Å². The van der Waals surface area contributed by atoms with E-state index >= 15 is 0 Å². The molecule has 0 radical (unpaired) electrons. The van der Waals surface area contributed by atoms with E-state index in [9.17, 15) is 4.39 Å². The molecule has 0 aliphatic carbocycles. The lowest BCUT2D eigenvalue weighted by atomic mass is 10.2. The fourth-order valence-electron chi connectivity index (χ4n) is 3.28.